The zero-order valence-electron chi connectivity index (χ0n) is 17.6. The van der Waals surface area contributed by atoms with Crippen LogP contribution in [0.1, 0.15) is 22.8 Å². The van der Waals surface area contributed by atoms with Crippen molar-refractivity contribution in [2.45, 2.75) is 19.4 Å². The third-order valence-electron chi connectivity index (χ3n) is 5.27. The number of para-hydroxylation sites is 1. The predicted octanol–water partition coefficient (Wildman–Crippen LogP) is 1.87. The van der Waals surface area contributed by atoms with Gasteiger partial charge in [-0.2, -0.15) is 0 Å². The van der Waals surface area contributed by atoms with Gasteiger partial charge in [-0.1, -0.05) is 30.3 Å². The molecule has 1 unspecified atom stereocenters. The molecule has 3 rings (SSSR count). The number of hydrogen-bond acceptors (Lipinski definition) is 4. The van der Waals surface area contributed by atoms with Crippen LogP contribution in [0, 0.1) is 5.82 Å². The highest BCUT2D eigenvalue weighted by Gasteiger charge is 2.31. The number of ether oxygens (including phenoxy) is 1. The van der Waals surface area contributed by atoms with Gasteiger partial charge >= 0.3 is 0 Å². The topological polar surface area (TPSA) is 79.0 Å². The Morgan fingerprint density at radius 2 is 1.61 bits per heavy atom. The number of nitrogens with one attached hydrogen (secondary N) is 1. The highest BCUT2D eigenvalue weighted by molar-refractivity contribution is 5.94. The Labute approximate surface area is 180 Å². The van der Waals surface area contributed by atoms with E-state index in [0.29, 0.717) is 31.9 Å². The summed E-state index contributed by atoms with van der Waals surface area (Å²) < 4.78 is 19.3. The molecule has 1 aliphatic rings. The number of carbonyl (C=O) groups excluding carboxylic acids is 3. The molecule has 2 aromatic rings. The minimum absolute atomic E-state index is 0.0228. The highest BCUT2D eigenvalue weighted by atomic mass is 19.1. The Bertz CT molecular complexity index is 957. The molecule has 0 radical (unpaired) electrons. The van der Waals surface area contributed by atoms with E-state index in [-0.39, 0.29) is 23.8 Å². The van der Waals surface area contributed by atoms with Crippen molar-refractivity contribution in [1.29, 1.82) is 0 Å². The maximum Gasteiger partial charge on any atom is 0.256 e. The number of amides is 3. The van der Waals surface area contributed by atoms with Gasteiger partial charge in [-0.25, -0.2) is 4.39 Å². The third kappa shape index (κ3) is 5.39. The molecule has 1 saturated heterocycles. The molecule has 8 heteroatoms. The van der Waals surface area contributed by atoms with Crippen LogP contribution >= 0.6 is 0 Å². The summed E-state index contributed by atoms with van der Waals surface area (Å²) in [6.45, 7) is 2.57. The van der Waals surface area contributed by atoms with Crippen LogP contribution in [0.15, 0.2) is 48.5 Å². The molecule has 0 saturated carbocycles. The molecule has 1 atom stereocenters. The van der Waals surface area contributed by atoms with Crippen LogP contribution in [0.25, 0.3) is 0 Å². The monoisotopic (exact) mass is 427 g/mol. The fourth-order valence-electron chi connectivity index (χ4n) is 3.69. The van der Waals surface area contributed by atoms with E-state index in [1.807, 2.05) is 18.2 Å². The summed E-state index contributed by atoms with van der Waals surface area (Å²) in [6.07, 6.45) is 0.288. The molecule has 1 N–H and O–H groups in total. The Balaban J connectivity index is 1.67. The summed E-state index contributed by atoms with van der Waals surface area (Å²) in [4.78, 5) is 40.6. The maximum absolute atomic E-state index is 13.9. The van der Waals surface area contributed by atoms with Crippen molar-refractivity contribution in [2.75, 3.05) is 33.3 Å². The average molecular weight is 427 g/mol. The van der Waals surface area contributed by atoms with Crippen molar-refractivity contribution in [3.8, 4) is 5.75 Å². The number of benzene rings is 2. The van der Waals surface area contributed by atoms with E-state index in [1.54, 1.807) is 24.1 Å². The zero-order chi connectivity index (χ0) is 22.4. The van der Waals surface area contributed by atoms with Crippen molar-refractivity contribution in [2.24, 2.45) is 0 Å². The molecule has 1 heterocycles. The van der Waals surface area contributed by atoms with Crippen LogP contribution in [0.3, 0.4) is 0 Å². The number of hydrogen-bond donors (Lipinski definition) is 1. The van der Waals surface area contributed by atoms with Crippen molar-refractivity contribution >= 4 is 17.7 Å². The lowest BCUT2D eigenvalue weighted by molar-refractivity contribution is -0.137. The van der Waals surface area contributed by atoms with Crippen molar-refractivity contribution in [3.05, 3.63) is 65.5 Å². The number of carbonyl (C=O) groups is 3. The van der Waals surface area contributed by atoms with Gasteiger partial charge in [-0.05, 0) is 23.8 Å². The van der Waals surface area contributed by atoms with Crippen molar-refractivity contribution < 1.29 is 23.5 Å². The molecule has 1 aliphatic heterocycles. The first-order valence-electron chi connectivity index (χ1n) is 10.1. The van der Waals surface area contributed by atoms with Crippen molar-refractivity contribution in [3.63, 3.8) is 0 Å². The van der Waals surface area contributed by atoms with Gasteiger partial charge < -0.3 is 19.9 Å². The molecule has 2 aromatic carbocycles. The first-order valence-corrected chi connectivity index (χ1v) is 10.1. The fourth-order valence-corrected chi connectivity index (χ4v) is 3.69. The third-order valence-corrected chi connectivity index (χ3v) is 5.27. The molecule has 0 bridgehead atoms. The molecule has 1 fully saturated rings. The fraction of sp³-hybridized carbons (Fsp3) is 0.348. The van der Waals surface area contributed by atoms with Gasteiger partial charge in [-0.15, -0.1) is 0 Å². The molecular weight excluding hydrogens is 401 g/mol. The molecule has 0 aromatic heterocycles. The van der Waals surface area contributed by atoms with E-state index in [4.69, 9.17) is 4.74 Å². The average Bonchev–Trinajstić information content (AvgIpc) is 2.78. The van der Waals surface area contributed by atoms with Gasteiger partial charge in [0.15, 0.2) is 0 Å². The Morgan fingerprint density at radius 1 is 1.00 bits per heavy atom. The first kappa shape index (κ1) is 22.3. The van der Waals surface area contributed by atoms with E-state index in [9.17, 15) is 18.8 Å². The standard InChI is InChI=1S/C23H26FN3O4/c1-16(28)25-20(15-17-7-3-6-10-21(17)31-2)23(30)27-13-11-26(12-14-27)22(29)18-8-4-5-9-19(18)24/h3-10,20H,11-15H2,1-2H3,(H,25,28). The Hall–Kier alpha value is -3.42. The Morgan fingerprint density at radius 3 is 2.26 bits per heavy atom. The molecule has 3 amide bonds. The number of methoxy groups -OCH3 is 1. The summed E-state index contributed by atoms with van der Waals surface area (Å²) in [5.41, 5.74) is 0.833. The molecule has 164 valence electrons. The van der Waals surface area contributed by atoms with Crippen LogP contribution in [0.5, 0.6) is 5.75 Å². The molecule has 7 nitrogen and oxygen atoms in total. The number of nitrogens with zero attached hydrogens (tertiary/aromatic N) is 2. The van der Waals surface area contributed by atoms with E-state index < -0.39 is 17.8 Å². The normalized spacial score (nSPS) is 14.7. The lowest BCUT2D eigenvalue weighted by atomic mass is 10.0. The lowest BCUT2D eigenvalue weighted by Crippen LogP contribution is -2.56. The second-order valence-corrected chi connectivity index (χ2v) is 7.37. The quantitative estimate of drug-likeness (QED) is 0.764. The summed E-state index contributed by atoms with van der Waals surface area (Å²) in [5, 5.41) is 2.73. The lowest BCUT2D eigenvalue weighted by Gasteiger charge is -2.36. The summed E-state index contributed by atoms with van der Waals surface area (Å²) >= 11 is 0. The van der Waals surface area contributed by atoms with E-state index >= 15 is 0 Å². The van der Waals surface area contributed by atoms with Gasteiger partial charge in [0, 0.05) is 39.5 Å². The summed E-state index contributed by atoms with van der Waals surface area (Å²) in [5.74, 6) is -0.835. The Kier molecular flexibility index (Phi) is 7.23. The molecule has 0 aliphatic carbocycles. The number of halogens is 1. The first-order chi connectivity index (χ1) is 14.9. The SMILES string of the molecule is COc1ccccc1CC(NC(C)=O)C(=O)N1CCN(C(=O)c2ccccc2F)CC1. The maximum atomic E-state index is 13.9. The highest BCUT2D eigenvalue weighted by Crippen LogP contribution is 2.20. The molecular formula is C23H26FN3O4. The second kappa shape index (κ2) is 10.1. The predicted molar refractivity (Wildman–Crippen MR) is 113 cm³/mol. The smallest absolute Gasteiger partial charge is 0.256 e. The van der Waals surface area contributed by atoms with E-state index in [0.717, 1.165) is 5.56 Å². The van der Waals surface area contributed by atoms with Gasteiger partial charge in [0.25, 0.3) is 5.91 Å². The van der Waals surface area contributed by atoms with E-state index in [1.165, 1.54) is 30.0 Å². The van der Waals surface area contributed by atoms with Gasteiger partial charge in [0.2, 0.25) is 11.8 Å². The minimum Gasteiger partial charge on any atom is -0.496 e. The minimum atomic E-state index is -0.748. The summed E-state index contributed by atoms with van der Waals surface area (Å²) in [7, 11) is 1.56. The second-order valence-electron chi connectivity index (χ2n) is 7.37. The van der Waals surface area contributed by atoms with Crippen LogP contribution in [0.2, 0.25) is 0 Å². The van der Waals surface area contributed by atoms with Crippen LogP contribution in [0.4, 0.5) is 4.39 Å². The van der Waals surface area contributed by atoms with Crippen molar-refractivity contribution in [1.82, 2.24) is 15.1 Å². The van der Waals surface area contributed by atoms with Gasteiger partial charge in [-0.3, -0.25) is 14.4 Å². The van der Waals surface area contributed by atoms with E-state index in [2.05, 4.69) is 5.32 Å². The van der Waals surface area contributed by atoms with Crippen LogP contribution in [-0.4, -0.2) is 66.9 Å². The van der Waals surface area contributed by atoms with Gasteiger partial charge in [0.1, 0.15) is 17.6 Å². The number of piperazine rings is 1. The van der Waals surface area contributed by atoms with Crippen LogP contribution < -0.4 is 10.1 Å². The largest absolute Gasteiger partial charge is 0.496 e. The summed E-state index contributed by atoms with van der Waals surface area (Å²) in [6, 6.07) is 12.5. The number of rotatable bonds is 6. The van der Waals surface area contributed by atoms with Crippen LogP contribution in [-0.2, 0) is 16.0 Å². The zero-order valence-corrected chi connectivity index (χ0v) is 17.6. The molecule has 31 heavy (non-hydrogen) atoms. The molecule has 0 spiro atoms. The van der Waals surface area contributed by atoms with Gasteiger partial charge in [0.05, 0.1) is 12.7 Å².